The van der Waals surface area contributed by atoms with E-state index in [-0.39, 0.29) is 29.1 Å². The van der Waals surface area contributed by atoms with Gasteiger partial charge in [-0.3, -0.25) is 14.2 Å². The predicted octanol–water partition coefficient (Wildman–Crippen LogP) is 3.58. The fourth-order valence-corrected chi connectivity index (χ4v) is 4.62. The number of methoxy groups -OCH3 is 1. The van der Waals surface area contributed by atoms with Gasteiger partial charge in [-0.15, -0.1) is 0 Å². The molecule has 4 aromatic rings. The Bertz CT molecular complexity index is 1470. The molecule has 2 heterocycles. The minimum Gasteiger partial charge on any atom is -0.465 e. The molecule has 2 aromatic carbocycles. The van der Waals surface area contributed by atoms with Crippen molar-refractivity contribution in [3.63, 3.8) is 0 Å². The summed E-state index contributed by atoms with van der Waals surface area (Å²) in [5, 5.41) is 4.81. The van der Waals surface area contributed by atoms with Crippen LogP contribution in [0.15, 0.2) is 71.7 Å². The van der Waals surface area contributed by atoms with E-state index in [4.69, 9.17) is 15.6 Å². The van der Waals surface area contributed by atoms with Crippen LogP contribution in [0.5, 0.6) is 0 Å². The van der Waals surface area contributed by atoms with Crippen LogP contribution in [0.1, 0.15) is 63.5 Å². The van der Waals surface area contributed by atoms with Crippen molar-refractivity contribution in [1.82, 2.24) is 19.1 Å². The van der Waals surface area contributed by atoms with Crippen molar-refractivity contribution in [2.45, 2.75) is 39.3 Å². The summed E-state index contributed by atoms with van der Waals surface area (Å²) in [5.74, 6) is -0.344. The summed E-state index contributed by atoms with van der Waals surface area (Å²) in [5.41, 5.74) is 8.22. The summed E-state index contributed by atoms with van der Waals surface area (Å²) in [6, 6.07) is 18.0. The summed E-state index contributed by atoms with van der Waals surface area (Å²) < 4.78 is 7.86. The van der Waals surface area contributed by atoms with Gasteiger partial charge in [0.15, 0.2) is 5.82 Å². The molecule has 0 saturated heterocycles. The standard InChI is InChI=1S/C29H33N5O4/c1-4-24(32(17-8-16-30)27(35)22-13-11-20(2)12-14-22)26-31-34-18-15-23(29(37)38-3)25(34)28(36)33(26)19-21-9-6-5-7-10-21/h5-7,9-15,18,24H,4,8,16-17,19,30H2,1-3H3. The topological polar surface area (TPSA) is 112 Å². The van der Waals surface area contributed by atoms with Crippen molar-refractivity contribution in [1.29, 1.82) is 0 Å². The van der Waals surface area contributed by atoms with Crippen LogP contribution >= 0.6 is 0 Å². The zero-order valence-electron chi connectivity index (χ0n) is 22.0. The molecular weight excluding hydrogens is 482 g/mol. The van der Waals surface area contributed by atoms with Gasteiger partial charge in [0.1, 0.15) is 5.52 Å². The first-order valence-electron chi connectivity index (χ1n) is 12.7. The molecule has 9 nitrogen and oxygen atoms in total. The van der Waals surface area contributed by atoms with E-state index in [0.29, 0.717) is 37.3 Å². The Balaban J connectivity index is 1.91. The number of fused-ring (bicyclic) bond motifs is 1. The van der Waals surface area contributed by atoms with Crippen molar-refractivity contribution in [3.05, 3.63) is 105 Å². The number of ether oxygens (including phenoxy) is 1. The number of carbonyl (C=O) groups is 2. The number of carbonyl (C=O) groups excluding carboxylic acids is 2. The molecule has 0 radical (unpaired) electrons. The number of rotatable bonds is 10. The van der Waals surface area contributed by atoms with Crippen molar-refractivity contribution in [3.8, 4) is 0 Å². The third-order valence-electron chi connectivity index (χ3n) is 6.61. The van der Waals surface area contributed by atoms with E-state index in [0.717, 1.165) is 11.1 Å². The highest BCUT2D eigenvalue weighted by Crippen LogP contribution is 2.26. The molecular formula is C29H33N5O4. The fraction of sp³-hybridized carbons (Fsp3) is 0.310. The van der Waals surface area contributed by atoms with Crippen LogP contribution in [-0.4, -0.2) is 51.2 Å². The molecule has 0 fully saturated rings. The third-order valence-corrected chi connectivity index (χ3v) is 6.61. The van der Waals surface area contributed by atoms with E-state index in [1.165, 1.54) is 17.7 Å². The first-order valence-corrected chi connectivity index (χ1v) is 12.7. The lowest BCUT2D eigenvalue weighted by Gasteiger charge is -2.32. The Hall–Kier alpha value is -4.24. The van der Waals surface area contributed by atoms with Crippen LogP contribution in [0.4, 0.5) is 0 Å². The molecule has 9 heteroatoms. The number of nitrogens with zero attached hydrogens (tertiary/aromatic N) is 4. The zero-order chi connectivity index (χ0) is 27.2. The SMILES string of the molecule is CCC(c1nn2ccc(C(=O)OC)c2c(=O)n1Cc1ccccc1)N(CCCN)C(=O)c1ccc(C)cc1. The number of amides is 1. The van der Waals surface area contributed by atoms with Gasteiger partial charge in [-0.05, 0) is 50.1 Å². The van der Waals surface area contributed by atoms with E-state index in [1.54, 1.807) is 15.7 Å². The molecule has 0 aliphatic carbocycles. The maximum absolute atomic E-state index is 14.0. The van der Waals surface area contributed by atoms with Gasteiger partial charge in [-0.2, -0.15) is 5.10 Å². The minimum absolute atomic E-state index is 0.129. The van der Waals surface area contributed by atoms with E-state index in [9.17, 15) is 14.4 Å². The Morgan fingerprint density at radius 3 is 2.42 bits per heavy atom. The number of hydrogen-bond acceptors (Lipinski definition) is 6. The average Bonchev–Trinajstić information content (AvgIpc) is 3.37. The van der Waals surface area contributed by atoms with Gasteiger partial charge in [-0.1, -0.05) is 55.0 Å². The Morgan fingerprint density at radius 2 is 1.79 bits per heavy atom. The highest BCUT2D eigenvalue weighted by Gasteiger charge is 2.30. The molecule has 0 aliphatic heterocycles. The highest BCUT2D eigenvalue weighted by atomic mass is 16.5. The average molecular weight is 516 g/mol. The molecule has 2 N–H and O–H groups in total. The molecule has 1 amide bonds. The Labute approximate surface area is 221 Å². The van der Waals surface area contributed by atoms with Crippen LogP contribution in [0, 0.1) is 6.92 Å². The van der Waals surface area contributed by atoms with Gasteiger partial charge in [0.05, 0.1) is 25.3 Å². The second-order valence-electron chi connectivity index (χ2n) is 9.18. The summed E-state index contributed by atoms with van der Waals surface area (Å²) in [6.07, 6.45) is 2.67. The number of aromatic nitrogens is 3. The van der Waals surface area contributed by atoms with Crippen LogP contribution in [0.2, 0.25) is 0 Å². The summed E-state index contributed by atoms with van der Waals surface area (Å²) in [7, 11) is 1.27. The van der Waals surface area contributed by atoms with E-state index in [1.807, 2.05) is 68.4 Å². The van der Waals surface area contributed by atoms with E-state index < -0.39 is 12.0 Å². The monoisotopic (exact) mass is 515 g/mol. The Morgan fingerprint density at radius 1 is 1.08 bits per heavy atom. The second-order valence-corrected chi connectivity index (χ2v) is 9.18. The Kier molecular flexibility index (Phi) is 8.38. The lowest BCUT2D eigenvalue weighted by Crippen LogP contribution is -2.40. The molecule has 38 heavy (non-hydrogen) atoms. The molecule has 2 aromatic heterocycles. The molecule has 4 rings (SSSR count). The number of hydrogen-bond donors (Lipinski definition) is 1. The fourth-order valence-electron chi connectivity index (χ4n) is 4.62. The number of esters is 1. The summed E-state index contributed by atoms with van der Waals surface area (Å²) in [6.45, 7) is 4.97. The maximum atomic E-state index is 14.0. The molecule has 198 valence electrons. The maximum Gasteiger partial charge on any atom is 0.340 e. The molecule has 0 bridgehead atoms. The quantitative estimate of drug-likeness (QED) is 0.323. The van der Waals surface area contributed by atoms with Crippen molar-refractivity contribution in [2.75, 3.05) is 20.2 Å². The molecule has 0 spiro atoms. The molecule has 0 aliphatic rings. The van der Waals surface area contributed by atoms with Gasteiger partial charge in [0.2, 0.25) is 0 Å². The molecule has 1 unspecified atom stereocenters. The van der Waals surface area contributed by atoms with Crippen molar-refractivity contribution in [2.24, 2.45) is 5.73 Å². The predicted molar refractivity (Wildman–Crippen MR) is 145 cm³/mol. The summed E-state index contributed by atoms with van der Waals surface area (Å²) >= 11 is 0. The van der Waals surface area contributed by atoms with Crippen molar-refractivity contribution < 1.29 is 14.3 Å². The van der Waals surface area contributed by atoms with Gasteiger partial charge >= 0.3 is 5.97 Å². The smallest absolute Gasteiger partial charge is 0.340 e. The zero-order valence-corrected chi connectivity index (χ0v) is 22.0. The first-order chi connectivity index (χ1) is 18.4. The third kappa shape index (κ3) is 5.38. The highest BCUT2D eigenvalue weighted by molar-refractivity contribution is 5.97. The molecule has 1 atom stereocenters. The van der Waals surface area contributed by atoms with Crippen LogP contribution < -0.4 is 11.3 Å². The number of nitrogens with two attached hydrogens (primary N) is 1. The normalized spacial score (nSPS) is 11.9. The van der Waals surface area contributed by atoms with Gasteiger partial charge in [0.25, 0.3) is 11.5 Å². The van der Waals surface area contributed by atoms with E-state index in [2.05, 4.69) is 0 Å². The van der Waals surface area contributed by atoms with Crippen LogP contribution in [-0.2, 0) is 11.3 Å². The first kappa shape index (κ1) is 26.8. The van der Waals surface area contributed by atoms with Gasteiger partial charge in [0, 0.05) is 18.3 Å². The van der Waals surface area contributed by atoms with Crippen LogP contribution in [0.25, 0.3) is 5.52 Å². The largest absolute Gasteiger partial charge is 0.465 e. The van der Waals surface area contributed by atoms with Gasteiger partial charge < -0.3 is 15.4 Å². The van der Waals surface area contributed by atoms with Crippen molar-refractivity contribution >= 4 is 17.4 Å². The number of aryl methyl sites for hydroxylation is 1. The molecule has 0 saturated carbocycles. The second kappa shape index (κ2) is 11.9. The van der Waals surface area contributed by atoms with Gasteiger partial charge in [-0.25, -0.2) is 9.31 Å². The lowest BCUT2D eigenvalue weighted by atomic mass is 10.1. The summed E-state index contributed by atoms with van der Waals surface area (Å²) in [4.78, 5) is 41.9. The lowest BCUT2D eigenvalue weighted by molar-refractivity contribution is 0.0602. The minimum atomic E-state index is -0.614. The number of benzene rings is 2. The van der Waals surface area contributed by atoms with E-state index >= 15 is 0 Å². The van der Waals surface area contributed by atoms with Crippen LogP contribution in [0.3, 0.4) is 0 Å².